The Morgan fingerprint density at radius 1 is 1.56 bits per heavy atom. The fourth-order valence-electron chi connectivity index (χ4n) is 1.29. The second kappa shape index (κ2) is 4.46. The van der Waals surface area contributed by atoms with Gasteiger partial charge >= 0.3 is 0 Å². The van der Waals surface area contributed by atoms with Gasteiger partial charge in [-0.3, -0.25) is 4.68 Å². The fraction of sp³-hybridized carbons (Fsp3) is 0.375. The average Bonchev–Trinajstić information content (AvgIpc) is 2.72. The van der Waals surface area contributed by atoms with Crippen LogP contribution in [0.1, 0.15) is 11.4 Å². The van der Waals surface area contributed by atoms with Gasteiger partial charge in [0.1, 0.15) is 0 Å². The van der Waals surface area contributed by atoms with Crippen LogP contribution in [0.3, 0.4) is 0 Å². The molecule has 2 aromatic heterocycles. The van der Waals surface area contributed by atoms with Gasteiger partial charge < -0.3 is 5.73 Å². The van der Waals surface area contributed by atoms with Crippen molar-refractivity contribution in [2.24, 2.45) is 7.05 Å². The maximum Gasteiger partial charge on any atom is 0.216 e. The van der Waals surface area contributed by atoms with Gasteiger partial charge in [0.05, 0.1) is 15.9 Å². The summed E-state index contributed by atoms with van der Waals surface area (Å²) in [5.41, 5.74) is 7.52. The second-order valence-corrected chi connectivity index (χ2v) is 5.00. The van der Waals surface area contributed by atoms with E-state index in [1.165, 1.54) is 11.8 Å². The first kappa shape index (κ1) is 11.5. The Bertz CT molecular complexity index is 505. The quantitative estimate of drug-likeness (QED) is 0.839. The van der Waals surface area contributed by atoms with Crippen molar-refractivity contribution in [3.05, 3.63) is 15.9 Å². The molecule has 3 N–H and O–H groups in total. The highest BCUT2D eigenvalue weighted by Gasteiger charge is 2.11. The maximum atomic E-state index is 5.44. The monoisotopic (exact) mass is 302 g/mol. The lowest BCUT2D eigenvalue weighted by Crippen LogP contribution is -1.97. The van der Waals surface area contributed by atoms with Crippen LogP contribution in [0.4, 0.5) is 5.95 Å². The van der Waals surface area contributed by atoms with Gasteiger partial charge in [-0.2, -0.15) is 10.1 Å². The van der Waals surface area contributed by atoms with Crippen molar-refractivity contribution in [1.29, 1.82) is 0 Å². The number of nitrogens with zero attached hydrogens (tertiary/aromatic N) is 4. The molecule has 8 heteroatoms. The Labute approximate surface area is 105 Å². The number of aromatic nitrogens is 5. The van der Waals surface area contributed by atoms with Gasteiger partial charge in [-0.05, 0) is 22.9 Å². The molecule has 16 heavy (non-hydrogen) atoms. The summed E-state index contributed by atoms with van der Waals surface area (Å²) in [5, 5.41) is 11.5. The number of hydrogen-bond acceptors (Lipinski definition) is 5. The van der Waals surface area contributed by atoms with E-state index in [0.717, 1.165) is 21.6 Å². The third-order valence-corrected chi connectivity index (χ3v) is 3.97. The van der Waals surface area contributed by atoms with Crippen LogP contribution >= 0.6 is 27.7 Å². The Hall–Kier alpha value is -1.02. The number of hydrogen-bond donors (Lipinski definition) is 2. The van der Waals surface area contributed by atoms with Crippen LogP contribution in [-0.2, 0) is 12.8 Å². The van der Waals surface area contributed by atoms with E-state index in [2.05, 4.69) is 36.2 Å². The number of nitrogens with two attached hydrogens (primary N) is 1. The number of aromatic amines is 1. The molecule has 0 radical (unpaired) electrons. The van der Waals surface area contributed by atoms with Gasteiger partial charge in [-0.1, -0.05) is 11.8 Å². The molecule has 2 aromatic rings. The van der Waals surface area contributed by atoms with Crippen molar-refractivity contribution in [3.8, 4) is 0 Å². The summed E-state index contributed by atoms with van der Waals surface area (Å²) in [7, 11) is 1.92. The molecular weight excluding hydrogens is 292 g/mol. The van der Waals surface area contributed by atoms with Crippen LogP contribution in [0.25, 0.3) is 0 Å². The van der Waals surface area contributed by atoms with Crippen molar-refractivity contribution < 1.29 is 0 Å². The molecule has 0 aliphatic carbocycles. The average molecular weight is 303 g/mol. The van der Waals surface area contributed by atoms with Gasteiger partial charge in [0.15, 0.2) is 0 Å². The zero-order valence-electron chi connectivity index (χ0n) is 8.86. The molecule has 0 unspecified atom stereocenters. The van der Waals surface area contributed by atoms with E-state index < -0.39 is 0 Å². The summed E-state index contributed by atoms with van der Waals surface area (Å²) in [6, 6.07) is 0. The van der Waals surface area contributed by atoms with Gasteiger partial charge in [0.2, 0.25) is 11.1 Å². The molecule has 0 bridgehead atoms. The molecule has 6 nitrogen and oxygen atoms in total. The van der Waals surface area contributed by atoms with Gasteiger partial charge in [0.25, 0.3) is 0 Å². The van der Waals surface area contributed by atoms with E-state index in [9.17, 15) is 0 Å². The van der Waals surface area contributed by atoms with Crippen molar-refractivity contribution in [3.63, 3.8) is 0 Å². The normalized spacial score (nSPS) is 10.9. The zero-order chi connectivity index (χ0) is 11.7. The Kier molecular flexibility index (Phi) is 3.20. The number of nitrogen functional groups attached to an aromatic ring is 1. The third kappa shape index (κ3) is 2.22. The molecule has 0 aliphatic heterocycles. The lowest BCUT2D eigenvalue weighted by atomic mass is 10.4. The summed E-state index contributed by atoms with van der Waals surface area (Å²) >= 11 is 5.02. The van der Waals surface area contributed by atoms with Gasteiger partial charge in [-0.25, -0.2) is 5.10 Å². The first-order valence-corrected chi connectivity index (χ1v) is 6.34. The first-order chi connectivity index (χ1) is 7.58. The summed E-state index contributed by atoms with van der Waals surface area (Å²) in [6.07, 6.45) is 0. The molecule has 0 aliphatic rings. The molecule has 2 rings (SSSR count). The highest BCUT2D eigenvalue weighted by molar-refractivity contribution is 9.10. The van der Waals surface area contributed by atoms with Gasteiger partial charge in [0, 0.05) is 12.8 Å². The van der Waals surface area contributed by atoms with Crippen molar-refractivity contribution in [2.45, 2.75) is 17.8 Å². The molecule has 86 valence electrons. The van der Waals surface area contributed by atoms with E-state index in [1.54, 1.807) is 0 Å². The zero-order valence-corrected chi connectivity index (χ0v) is 11.3. The van der Waals surface area contributed by atoms with E-state index >= 15 is 0 Å². The Morgan fingerprint density at radius 2 is 2.31 bits per heavy atom. The van der Waals surface area contributed by atoms with E-state index in [-0.39, 0.29) is 0 Å². The molecule has 0 aromatic carbocycles. The van der Waals surface area contributed by atoms with Crippen molar-refractivity contribution >= 4 is 33.6 Å². The minimum Gasteiger partial charge on any atom is -0.368 e. The SMILES string of the molecule is Cc1nn(C)c(CSc2n[nH]c(N)n2)c1Br. The Morgan fingerprint density at radius 3 is 2.81 bits per heavy atom. The molecule has 0 amide bonds. The molecule has 0 spiro atoms. The molecule has 0 saturated heterocycles. The predicted octanol–water partition coefficient (Wildman–Crippen LogP) is 1.48. The number of thioether (sulfide) groups is 1. The van der Waals surface area contributed by atoms with Crippen LogP contribution in [-0.4, -0.2) is 25.0 Å². The maximum absolute atomic E-state index is 5.44. The summed E-state index contributed by atoms with van der Waals surface area (Å²) in [6.45, 7) is 1.96. The molecule has 2 heterocycles. The topological polar surface area (TPSA) is 85.4 Å². The number of H-pyrrole nitrogens is 1. The largest absolute Gasteiger partial charge is 0.368 e. The minimum absolute atomic E-state index is 0.336. The first-order valence-electron chi connectivity index (χ1n) is 4.56. The van der Waals surface area contributed by atoms with E-state index in [4.69, 9.17) is 5.73 Å². The molecule has 0 atom stereocenters. The molecule has 0 saturated carbocycles. The third-order valence-electron chi connectivity index (χ3n) is 2.08. The van der Waals surface area contributed by atoms with Crippen LogP contribution < -0.4 is 5.73 Å². The smallest absolute Gasteiger partial charge is 0.216 e. The highest BCUT2D eigenvalue weighted by Crippen LogP contribution is 2.26. The molecular formula is C8H11BrN6S. The van der Waals surface area contributed by atoms with Gasteiger partial charge in [-0.15, -0.1) is 5.10 Å². The fourth-order valence-corrected chi connectivity index (χ4v) is 2.82. The molecule has 0 fully saturated rings. The number of halogens is 1. The lowest BCUT2D eigenvalue weighted by molar-refractivity contribution is 0.727. The van der Waals surface area contributed by atoms with Crippen molar-refractivity contribution in [1.82, 2.24) is 25.0 Å². The Balaban J connectivity index is 2.10. The van der Waals surface area contributed by atoms with Crippen molar-refractivity contribution in [2.75, 3.05) is 5.73 Å². The van der Waals surface area contributed by atoms with E-state index in [1.807, 2.05) is 18.7 Å². The second-order valence-electron chi connectivity index (χ2n) is 3.26. The summed E-state index contributed by atoms with van der Waals surface area (Å²) in [4.78, 5) is 4.02. The predicted molar refractivity (Wildman–Crippen MR) is 66.0 cm³/mol. The van der Waals surface area contributed by atoms with E-state index in [0.29, 0.717) is 11.1 Å². The summed E-state index contributed by atoms with van der Waals surface area (Å²) < 4.78 is 2.88. The number of anilines is 1. The number of nitrogens with one attached hydrogen (secondary N) is 1. The lowest BCUT2D eigenvalue weighted by Gasteiger charge is -1.99. The summed E-state index contributed by atoms with van der Waals surface area (Å²) in [5.74, 6) is 1.08. The number of rotatable bonds is 3. The van der Waals surface area contributed by atoms with Crippen LogP contribution in [0, 0.1) is 6.92 Å². The number of aryl methyl sites for hydroxylation is 2. The highest BCUT2D eigenvalue weighted by atomic mass is 79.9. The van der Waals surface area contributed by atoms with Crippen LogP contribution in [0.5, 0.6) is 0 Å². The van der Waals surface area contributed by atoms with Crippen LogP contribution in [0.2, 0.25) is 0 Å². The van der Waals surface area contributed by atoms with Crippen LogP contribution in [0.15, 0.2) is 9.63 Å². The standard InChI is InChI=1S/C8H11BrN6S/c1-4-6(9)5(15(2)14-4)3-16-8-11-7(10)12-13-8/h3H2,1-2H3,(H3,10,11,12,13). The minimum atomic E-state index is 0.336.